The lowest BCUT2D eigenvalue weighted by atomic mass is 10.2. The molecule has 0 radical (unpaired) electrons. The lowest BCUT2D eigenvalue weighted by Gasteiger charge is -2.20. The third kappa shape index (κ3) is 2.94. The lowest BCUT2D eigenvalue weighted by Crippen LogP contribution is -2.38. The molecule has 1 aromatic rings. The molecule has 2 rings (SSSR count). The summed E-state index contributed by atoms with van der Waals surface area (Å²) < 4.78 is 13.6. The summed E-state index contributed by atoms with van der Waals surface area (Å²) in [5.41, 5.74) is 0.248. The first kappa shape index (κ1) is 14.0. The van der Waals surface area contributed by atoms with E-state index in [1.165, 1.54) is 17.0 Å². The number of halogens is 2. The number of amides is 2. The zero-order valence-corrected chi connectivity index (χ0v) is 12.1. The molecule has 1 saturated heterocycles. The molecule has 1 aromatic carbocycles. The SMILES string of the molecule is CN1CCCN(C(=O)c2cccc(F)c2Br)CC1=O. The highest BCUT2D eigenvalue weighted by Gasteiger charge is 2.25. The van der Waals surface area contributed by atoms with Gasteiger partial charge >= 0.3 is 0 Å². The Balaban J connectivity index is 2.24. The first-order valence-corrected chi connectivity index (χ1v) is 6.77. The van der Waals surface area contributed by atoms with Crippen LogP contribution < -0.4 is 0 Å². The van der Waals surface area contributed by atoms with E-state index in [9.17, 15) is 14.0 Å². The number of hydrogen-bond donors (Lipinski definition) is 0. The third-order valence-corrected chi connectivity index (χ3v) is 3.95. The Hall–Kier alpha value is -1.43. The minimum absolute atomic E-state index is 0.0400. The number of rotatable bonds is 1. The van der Waals surface area contributed by atoms with Crippen molar-refractivity contribution in [2.24, 2.45) is 0 Å². The quantitative estimate of drug-likeness (QED) is 0.790. The molecule has 0 spiro atoms. The first-order valence-electron chi connectivity index (χ1n) is 5.98. The summed E-state index contributed by atoms with van der Waals surface area (Å²) >= 11 is 3.08. The highest BCUT2D eigenvalue weighted by atomic mass is 79.9. The van der Waals surface area contributed by atoms with Gasteiger partial charge in [0.05, 0.1) is 10.0 Å². The third-order valence-electron chi connectivity index (χ3n) is 3.14. The largest absolute Gasteiger partial charge is 0.344 e. The summed E-state index contributed by atoms with van der Waals surface area (Å²) in [6.07, 6.45) is 0.723. The number of hydrogen-bond acceptors (Lipinski definition) is 2. The second-order valence-corrected chi connectivity index (χ2v) is 5.29. The molecular formula is C13H14BrFN2O2. The molecule has 0 atom stereocenters. The normalized spacial score (nSPS) is 16.5. The molecule has 0 bridgehead atoms. The van der Waals surface area contributed by atoms with Crippen molar-refractivity contribution in [3.63, 3.8) is 0 Å². The van der Waals surface area contributed by atoms with Crippen LogP contribution in [0.5, 0.6) is 0 Å². The maximum Gasteiger partial charge on any atom is 0.255 e. The molecule has 6 heteroatoms. The topological polar surface area (TPSA) is 40.6 Å². The van der Waals surface area contributed by atoms with Gasteiger partial charge in [-0.2, -0.15) is 0 Å². The van der Waals surface area contributed by atoms with Crippen molar-refractivity contribution in [2.75, 3.05) is 26.7 Å². The predicted molar refractivity (Wildman–Crippen MR) is 72.3 cm³/mol. The average Bonchev–Trinajstić information content (AvgIpc) is 2.55. The number of carbonyl (C=O) groups is 2. The molecule has 0 aromatic heterocycles. The van der Waals surface area contributed by atoms with Crippen molar-refractivity contribution in [1.82, 2.24) is 9.80 Å². The Labute approximate surface area is 119 Å². The fraction of sp³-hybridized carbons (Fsp3) is 0.385. The van der Waals surface area contributed by atoms with Crippen LogP contribution >= 0.6 is 15.9 Å². The van der Waals surface area contributed by atoms with Crippen LogP contribution in [0.15, 0.2) is 22.7 Å². The van der Waals surface area contributed by atoms with E-state index in [2.05, 4.69) is 15.9 Å². The molecule has 0 unspecified atom stereocenters. The van der Waals surface area contributed by atoms with E-state index in [4.69, 9.17) is 0 Å². The maximum absolute atomic E-state index is 13.4. The predicted octanol–water partition coefficient (Wildman–Crippen LogP) is 1.89. The minimum atomic E-state index is -0.482. The molecule has 1 fully saturated rings. The van der Waals surface area contributed by atoms with E-state index in [-0.39, 0.29) is 28.4 Å². The van der Waals surface area contributed by atoms with Gasteiger partial charge in [-0.25, -0.2) is 4.39 Å². The molecule has 0 N–H and O–H groups in total. The molecule has 0 saturated carbocycles. The van der Waals surface area contributed by atoms with Crippen LogP contribution in [0.4, 0.5) is 4.39 Å². The second-order valence-electron chi connectivity index (χ2n) is 4.50. The van der Waals surface area contributed by atoms with Gasteiger partial charge in [-0.1, -0.05) is 6.07 Å². The maximum atomic E-state index is 13.4. The van der Waals surface area contributed by atoms with Gasteiger partial charge in [0.2, 0.25) is 5.91 Å². The zero-order valence-electron chi connectivity index (χ0n) is 10.5. The highest BCUT2D eigenvalue weighted by molar-refractivity contribution is 9.10. The number of likely N-dealkylation sites (N-methyl/N-ethyl adjacent to an activating group) is 1. The summed E-state index contributed by atoms with van der Waals surface area (Å²) in [6, 6.07) is 4.32. The van der Waals surface area contributed by atoms with Crippen LogP contribution in [0.3, 0.4) is 0 Å². The van der Waals surface area contributed by atoms with Crippen LogP contribution in [0, 0.1) is 5.82 Å². The first-order chi connectivity index (χ1) is 9.00. The molecule has 19 heavy (non-hydrogen) atoms. The van der Waals surface area contributed by atoms with Gasteiger partial charge in [0, 0.05) is 20.1 Å². The Morgan fingerprint density at radius 1 is 1.37 bits per heavy atom. The smallest absolute Gasteiger partial charge is 0.255 e. The van der Waals surface area contributed by atoms with Crippen molar-refractivity contribution >= 4 is 27.7 Å². The molecule has 2 amide bonds. The Morgan fingerprint density at radius 2 is 2.11 bits per heavy atom. The Bertz CT molecular complexity index is 521. The van der Waals surface area contributed by atoms with E-state index in [1.54, 1.807) is 18.0 Å². The summed E-state index contributed by atoms with van der Waals surface area (Å²) in [7, 11) is 1.72. The second kappa shape index (κ2) is 5.69. The Kier molecular flexibility index (Phi) is 4.19. The van der Waals surface area contributed by atoms with E-state index in [0.717, 1.165) is 6.42 Å². The number of benzene rings is 1. The molecule has 4 nitrogen and oxygen atoms in total. The van der Waals surface area contributed by atoms with E-state index >= 15 is 0 Å². The van der Waals surface area contributed by atoms with Crippen molar-refractivity contribution in [2.45, 2.75) is 6.42 Å². The monoisotopic (exact) mass is 328 g/mol. The Morgan fingerprint density at radius 3 is 2.84 bits per heavy atom. The van der Waals surface area contributed by atoms with Gasteiger partial charge in [0.1, 0.15) is 12.4 Å². The summed E-state index contributed by atoms with van der Waals surface area (Å²) in [5.74, 6) is -0.905. The van der Waals surface area contributed by atoms with Gasteiger partial charge < -0.3 is 9.80 Å². The lowest BCUT2D eigenvalue weighted by molar-refractivity contribution is -0.129. The van der Waals surface area contributed by atoms with Crippen molar-refractivity contribution in [3.05, 3.63) is 34.1 Å². The molecule has 1 aliphatic rings. The van der Waals surface area contributed by atoms with Crippen molar-refractivity contribution < 1.29 is 14.0 Å². The van der Waals surface area contributed by atoms with E-state index in [0.29, 0.717) is 13.1 Å². The van der Waals surface area contributed by atoms with Gasteiger partial charge in [0.15, 0.2) is 0 Å². The van der Waals surface area contributed by atoms with Gasteiger partial charge in [0.25, 0.3) is 5.91 Å². The van der Waals surface area contributed by atoms with E-state index < -0.39 is 5.82 Å². The molecule has 1 heterocycles. The van der Waals surface area contributed by atoms with Crippen LogP contribution in [0.2, 0.25) is 0 Å². The van der Waals surface area contributed by atoms with Gasteiger partial charge in [-0.15, -0.1) is 0 Å². The highest BCUT2D eigenvalue weighted by Crippen LogP contribution is 2.22. The van der Waals surface area contributed by atoms with Crippen molar-refractivity contribution in [3.8, 4) is 0 Å². The minimum Gasteiger partial charge on any atom is -0.344 e. The molecular weight excluding hydrogens is 315 g/mol. The van der Waals surface area contributed by atoms with Crippen LogP contribution in [0.25, 0.3) is 0 Å². The van der Waals surface area contributed by atoms with Crippen LogP contribution in [-0.4, -0.2) is 48.3 Å². The van der Waals surface area contributed by atoms with Crippen LogP contribution in [-0.2, 0) is 4.79 Å². The van der Waals surface area contributed by atoms with Gasteiger partial charge in [-0.05, 0) is 34.5 Å². The average molecular weight is 329 g/mol. The summed E-state index contributed by atoms with van der Waals surface area (Å²) in [4.78, 5) is 27.2. The van der Waals surface area contributed by atoms with E-state index in [1.807, 2.05) is 0 Å². The van der Waals surface area contributed by atoms with Crippen LogP contribution in [0.1, 0.15) is 16.8 Å². The molecule has 102 valence electrons. The number of nitrogens with zero attached hydrogens (tertiary/aromatic N) is 2. The summed E-state index contributed by atoms with van der Waals surface area (Å²) in [5, 5.41) is 0. The standard InChI is InChI=1S/C13H14BrFN2O2/c1-16-6-3-7-17(8-11(16)18)13(19)9-4-2-5-10(15)12(9)14/h2,4-5H,3,6-8H2,1H3. The summed E-state index contributed by atoms with van der Waals surface area (Å²) in [6.45, 7) is 1.17. The van der Waals surface area contributed by atoms with Crippen molar-refractivity contribution in [1.29, 1.82) is 0 Å². The zero-order chi connectivity index (χ0) is 14.0. The van der Waals surface area contributed by atoms with Gasteiger partial charge in [-0.3, -0.25) is 9.59 Å². The fourth-order valence-corrected chi connectivity index (χ4v) is 2.43. The number of carbonyl (C=O) groups excluding carboxylic acids is 2. The fourth-order valence-electron chi connectivity index (χ4n) is 2.00. The molecule has 1 aliphatic heterocycles. The molecule has 0 aliphatic carbocycles.